The molecular weight excluding hydrogens is 503 g/mol. The summed E-state index contributed by atoms with van der Waals surface area (Å²) in [7, 11) is 0. The Hall–Kier alpha value is -4.14. The van der Waals surface area contributed by atoms with E-state index in [2.05, 4.69) is 17.2 Å². The summed E-state index contributed by atoms with van der Waals surface area (Å²) < 4.78 is 29.0. The summed E-state index contributed by atoms with van der Waals surface area (Å²) in [5, 5.41) is 12.3. The van der Waals surface area contributed by atoms with Crippen molar-refractivity contribution >= 4 is 11.7 Å². The third kappa shape index (κ3) is 7.69. The minimum Gasteiger partial charge on any atom is -0.508 e. The number of ether oxygens (including phenoxy) is 3. The van der Waals surface area contributed by atoms with Crippen molar-refractivity contribution in [1.82, 2.24) is 10.3 Å². The van der Waals surface area contributed by atoms with Crippen LogP contribution in [0.4, 0.5) is 4.39 Å². The molecule has 1 amide bonds. The van der Waals surface area contributed by atoms with E-state index in [-0.39, 0.29) is 41.6 Å². The van der Waals surface area contributed by atoms with E-state index in [1.165, 1.54) is 26.2 Å². The molecular formula is C30H33FN2O6. The highest BCUT2D eigenvalue weighted by Crippen LogP contribution is 2.37. The Morgan fingerprint density at radius 3 is 2.56 bits per heavy atom. The van der Waals surface area contributed by atoms with Gasteiger partial charge in [0.2, 0.25) is 18.6 Å². The number of benzene rings is 2. The minimum atomic E-state index is -0.590. The van der Waals surface area contributed by atoms with Gasteiger partial charge in [0.05, 0.1) is 11.8 Å². The monoisotopic (exact) mass is 536 g/mol. The first kappa shape index (κ1) is 27.9. The largest absolute Gasteiger partial charge is 0.508 e. The molecule has 8 nitrogen and oxygen atoms in total. The molecule has 1 aliphatic carbocycles. The second kappa shape index (κ2) is 13.1. The van der Waals surface area contributed by atoms with Crippen LogP contribution >= 0.6 is 0 Å². The number of hydrogen-bond donors (Lipinski definition) is 2. The van der Waals surface area contributed by atoms with Crippen molar-refractivity contribution in [3.8, 4) is 28.9 Å². The highest BCUT2D eigenvalue weighted by atomic mass is 19.1. The topological polar surface area (TPSA) is 107 Å². The van der Waals surface area contributed by atoms with Crippen molar-refractivity contribution in [2.45, 2.75) is 52.5 Å². The highest BCUT2D eigenvalue weighted by molar-refractivity contribution is 5.96. The zero-order chi connectivity index (χ0) is 27.8. The molecule has 9 heteroatoms. The lowest BCUT2D eigenvalue weighted by molar-refractivity contribution is -0.126. The van der Waals surface area contributed by atoms with Gasteiger partial charge in [-0.3, -0.25) is 9.59 Å². The van der Waals surface area contributed by atoms with Gasteiger partial charge in [-0.15, -0.1) is 0 Å². The SMILES string of the molecule is CC(=O)c1cc(F)cnc1Oc1ccc2c(c1)OCO2.CCC1CCC(C(=O)NCc2cccc(O)c2)CC1. The van der Waals surface area contributed by atoms with Gasteiger partial charge in [0.25, 0.3) is 0 Å². The lowest BCUT2D eigenvalue weighted by Crippen LogP contribution is -2.32. The predicted molar refractivity (Wildman–Crippen MR) is 143 cm³/mol. The molecule has 1 aromatic heterocycles. The molecule has 1 saturated carbocycles. The van der Waals surface area contributed by atoms with Crippen LogP contribution in [0.15, 0.2) is 54.7 Å². The van der Waals surface area contributed by atoms with Crippen LogP contribution in [-0.4, -0.2) is 28.6 Å². The van der Waals surface area contributed by atoms with Crippen LogP contribution in [0.2, 0.25) is 0 Å². The number of carbonyl (C=O) groups is 2. The molecule has 0 unspecified atom stereocenters. The molecule has 2 aromatic carbocycles. The van der Waals surface area contributed by atoms with Crippen molar-refractivity contribution in [2.75, 3.05) is 6.79 Å². The maximum absolute atomic E-state index is 13.1. The number of halogens is 1. The van der Waals surface area contributed by atoms with Crippen molar-refractivity contribution in [2.24, 2.45) is 11.8 Å². The van der Waals surface area contributed by atoms with Crippen LogP contribution < -0.4 is 19.5 Å². The third-order valence-electron chi connectivity index (χ3n) is 6.93. The predicted octanol–water partition coefficient (Wildman–Crippen LogP) is 6.17. The van der Waals surface area contributed by atoms with Gasteiger partial charge < -0.3 is 24.6 Å². The molecule has 0 bridgehead atoms. The number of fused-ring (bicyclic) bond motifs is 1. The summed E-state index contributed by atoms with van der Waals surface area (Å²) >= 11 is 0. The van der Waals surface area contributed by atoms with Crippen LogP contribution in [0.1, 0.15) is 61.9 Å². The lowest BCUT2D eigenvalue weighted by atomic mass is 9.80. The highest BCUT2D eigenvalue weighted by Gasteiger charge is 2.25. The number of phenols is 1. The van der Waals surface area contributed by atoms with Crippen molar-refractivity contribution in [3.05, 3.63) is 71.7 Å². The molecule has 0 spiro atoms. The van der Waals surface area contributed by atoms with Gasteiger partial charge >= 0.3 is 0 Å². The molecule has 2 N–H and O–H groups in total. The molecule has 2 heterocycles. The van der Waals surface area contributed by atoms with Gasteiger partial charge in [-0.25, -0.2) is 9.37 Å². The van der Waals surface area contributed by atoms with Gasteiger partial charge in [0.1, 0.15) is 17.3 Å². The van der Waals surface area contributed by atoms with Gasteiger partial charge in [0.15, 0.2) is 17.3 Å². The third-order valence-corrected chi connectivity index (χ3v) is 6.93. The fraction of sp³-hybridized carbons (Fsp3) is 0.367. The van der Waals surface area contributed by atoms with E-state index in [9.17, 15) is 19.1 Å². The number of aromatic hydroxyl groups is 1. The Kier molecular flexibility index (Phi) is 9.35. The molecule has 1 fully saturated rings. The summed E-state index contributed by atoms with van der Waals surface area (Å²) in [6.45, 7) is 4.21. The summed E-state index contributed by atoms with van der Waals surface area (Å²) in [6.07, 6.45) is 6.63. The van der Waals surface area contributed by atoms with Crippen molar-refractivity contribution in [3.63, 3.8) is 0 Å². The second-order valence-corrected chi connectivity index (χ2v) is 9.69. The number of pyridine rings is 1. The number of hydrogen-bond acceptors (Lipinski definition) is 7. The zero-order valence-electron chi connectivity index (χ0n) is 22.1. The smallest absolute Gasteiger partial charge is 0.231 e. The van der Waals surface area contributed by atoms with Crippen LogP contribution in [0.25, 0.3) is 0 Å². The van der Waals surface area contributed by atoms with E-state index in [4.69, 9.17) is 14.2 Å². The van der Waals surface area contributed by atoms with E-state index in [0.29, 0.717) is 23.8 Å². The Labute approximate surface area is 227 Å². The van der Waals surface area contributed by atoms with Crippen LogP contribution in [-0.2, 0) is 11.3 Å². The number of phenolic OH excluding ortho intramolecular Hbond substituents is 1. The maximum Gasteiger partial charge on any atom is 0.231 e. The fourth-order valence-corrected chi connectivity index (χ4v) is 4.65. The number of Topliss-reactive ketones (excluding diaryl/α,β-unsaturated/α-hetero) is 1. The first-order chi connectivity index (χ1) is 18.8. The van der Waals surface area contributed by atoms with E-state index >= 15 is 0 Å². The lowest BCUT2D eigenvalue weighted by Gasteiger charge is -2.26. The first-order valence-corrected chi connectivity index (χ1v) is 13.1. The second-order valence-electron chi connectivity index (χ2n) is 9.69. The van der Waals surface area contributed by atoms with E-state index in [1.807, 2.05) is 6.07 Å². The van der Waals surface area contributed by atoms with E-state index < -0.39 is 5.82 Å². The number of amides is 1. The van der Waals surface area contributed by atoms with E-state index in [1.54, 1.807) is 36.4 Å². The number of rotatable bonds is 7. The Balaban J connectivity index is 0.000000181. The quantitative estimate of drug-likeness (QED) is 0.348. The molecule has 206 valence electrons. The Bertz CT molecular complexity index is 1310. The summed E-state index contributed by atoms with van der Waals surface area (Å²) in [4.78, 5) is 27.3. The molecule has 0 saturated heterocycles. The Morgan fingerprint density at radius 2 is 1.85 bits per heavy atom. The molecule has 1 aliphatic heterocycles. The average molecular weight is 537 g/mol. The average Bonchev–Trinajstić information content (AvgIpc) is 3.41. The normalized spacial score (nSPS) is 17.5. The van der Waals surface area contributed by atoms with Gasteiger partial charge in [0, 0.05) is 18.5 Å². The maximum atomic E-state index is 13.1. The summed E-state index contributed by atoms with van der Waals surface area (Å²) in [5.41, 5.74) is 1.03. The number of nitrogens with zero attached hydrogens (tertiary/aromatic N) is 1. The van der Waals surface area contributed by atoms with Gasteiger partial charge in [-0.1, -0.05) is 25.5 Å². The van der Waals surface area contributed by atoms with Crippen molar-refractivity contribution < 1.29 is 33.3 Å². The molecule has 3 aromatic rings. The fourth-order valence-electron chi connectivity index (χ4n) is 4.65. The van der Waals surface area contributed by atoms with Gasteiger partial charge in [-0.2, -0.15) is 0 Å². The molecule has 2 aliphatic rings. The molecule has 0 radical (unpaired) electrons. The molecule has 39 heavy (non-hydrogen) atoms. The number of aromatic nitrogens is 1. The van der Waals surface area contributed by atoms with Crippen LogP contribution in [0.3, 0.4) is 0 Å². The summed E-state index contributed by atoms with van der Waals surface area (Å²) in [6, 6.07) is 13.1. The molecule has 0 atom stereocenters. The zero-order valence-corrected chi connectivity index (χ0v) is 22.1. The standard InChI is InChI=1S/C16H23NO2.C14H10FNO4/c1-2-12-6-8-14(9-7-12)16(19)17-11-13-4-3-5-15(18)10-13;1-8(17)11-4-9(15)6-16-14(11)20-10-2-3-12-13(5-10)19-7-18-12/h3-5,10,12,14,18H,2,6-9,11H2,1H3,(H,17,19);2-6H,7H2,1H3. The van der Waals surface area contributed by atoms with Crippen LogP contribution in [0.5, 0.6) is 28.9 Å². The van der Waals surface area contributed by atoms with Crippen molar-refractivity contribution in [1.29, 1.82) is 0 Å². The van der Waals surface area contributed by atoms with Crippen LogP contribution in [0, 0.1) is 17.7 Å². The number of carbonyl (C=O) groups excluding carboxylic acids is 2. The van der Waals surface area contributed by atoms with Gasteiger partial charge in [-0.05, 0) is 74.4 Å². The first-order valence-electron chi connectivity index (χ1n) is 13.1. The molecule has 5 rings (SSSR count). The minimum absolute atomic E-state index is 0.0535. The number of ketones is 1. The Morgan fingerprint density at radius 1 is 1.08 bits per heavy atom. The number of nitrogens with one attached hydrogen (secondary N) is 1. The van der Waals surface area contributed by atoms with E-state index in [0.717, 1.165) is 36.6 Å². The summed E-state index contributed by atoms with van der Waals surface area (Å²) in [5.74, 6) is 2.14.